The van der Waals surface area contributed by atoms with Crippen LogP contribution in [0.1, 0.15) is 0 Å². The molecule has 0 saturated carbocycles. The molecular weight excluding hydrogens is 348 g/mol. The van der Waals surface area contributed by atoms with E-state index in [0.717, 1.165) is 0 Å². The molecule has 0 spiro atoms. The molecule has 8 heteroatoms. The predicted molar refractivity (Wildman–Crippen MR) is 91.6 cm³/mol. The van der Waals surface area contributed by atoms with Crippen LogP contribution in [0, 0.1) is 0 Å². The third kappa shape index (κ3) is 6.68. The second kappa shape index (κ2) is 9.48. The Morgan fingerprint density at radius 3 is 2.60 bits per heavy atom. The number of halogens is 1. The molecule has 1 amide bonds. The number of pyridine rings is 1. The number of ether oxygens (including phenoxy) is 2. The highest BCUT2D eigenvalue weighted by Crippen LogP contribution is 2.14. The first-order valence-corrected chi connectivity index (χ1v) is 7.88. The summed E-state index contributed by atoms with van der Waals surface area (Å²) in [6.45, 7) is -0.133. The van der Waals surface area contributed by atoms with Gasteiger partial charge >= 0.3 is 5.97 Å². The predicted octanol–water partition coefficient (Wildman–Crippen LogP) is 1.24. The fourth-order valence-corrected chi connectivity index (χ4v) is 1.99. The molecule has 0 aliphatic carbocycles. The van der Waals surface area contributed by atoms with Crippen molar-refractivity contribution in [3.63, 3.8) is 0 Å². The van der Waals surface area contributed by atoms with Gasteiger partial charge in [-0.3, -0.25) is 14.4 Å². The third-order valence-electron chi connectivity index (χ3n) is 3.07. The van der Waals surface area contributed by atoms with Gasteiger partial charge in [-0.05, 0) is 30.3 Å². The highest BCUT2D eigenvalue weighted by molar-refractivity contribution is 6.30. The molecule has 0 radical (unpaired) electrons. The minimum Gasteiger partial charge on any atom is -0.492 e. The lowest BCUT2D eigenvalue weighted by molar-refractivity contribution is -0.149. The molecule has 0 saturated heterocycles. The van der Waals surface area contributed by atoms with Crippen molar-refractivity contribution in [2.24, 2.45) is 0 Å². The molecule has 2 rings (SSSR count). The molecule has 1 aromatic carbocycles. The maximum absolute atomic E-state index is 11.6. The van der Waals surface area contributed by atoms with Gasteiger partial charge < -0.3 is 19.4 Å². The molecular formula is C17H17ClN2O5. The van der Waals surface area contributed by atoms with E-state index in [9.17, 15) is 14.4 Å². The Labute approximate surface area is 149 Å². The second-order valence-corrected chi connectivity index (χ2v) is 5.42. The number of benzene rings is 1. The van der Waals surface area contributed by atoms with Gasteiger partial charge in [-0.15, -0.1) is 0 Å². The van der Waals surface area contributed by atoms with Crippen LogP contribution in [0.3, 0.4) is 0 Å². The zero-order valence-electron chi connectivity index (χ0n) is 13.3. The number of amides is 1. The number of carbonyl (C=O) groups is 2. The molecule has 0 unspecified atom stereocenters. The van der Waals surface area contributed by atoms with Crippen LogP contribution in [-0.2, 0) is 20.9 Å². The van der Waals surface area contributed by atoms with Crippen LogP contribution in [0.15, 0.2) is 53.5 Å². The summed E-state index contributed by atoms with van der Waals surface area (Å²) < 4.78 is 11.4. The van der Waals surface area contributed by atoms with Gasteiger partial charge in [0.15, 0.2) is 6.61 Å². The first kappa shape index (κ1) is 18.5. The highest BCUT2D eigenvalue weighted by atomic mass is 35.5. The number of nitrogens with zero attached hydrogens (tertiary/aromatic N) is 1. The van der Waals surface area contributed by atoms with Crippen LogP contribution in [-0.4, -0.2) is 36.2 Å². The molecule has 2 aromatic rings. The van der Waals surface area contributed by atoms with E-state index in [1.807, 2.05) is 0 Å². The Morgan fingerprint density at radius 2 is 1.88 bits per heavy atom. The quantitative estimate of drug-likeness (QED) is 0.562. The van der Waals surface area contributed by atoms with E-state index in [1.54, 1.807) is 36.4 Å². The topological polar surface area (TPSA) is 86.6 Å². The van der Waals surface area contributed by atoms with Gasteiger partial charge in [-0.2, -0.15) is 0 Å². The maximum atomic E-state index is 11.6. The first-order valence-electron chi connectivity index (χ1n) is 7.51. The van der Waals surface area contributed by atoms with Crippen LogP contribution in [0.25, 0.3) is 0 Å². The summed E-state index contributed by atoms with van der Waals surface area (Å²) in [6, 6.07) is 11.4. The summed E-state index contributed by atoms with van der Waals surface area (Å²) in [6.07, 6.45) is 1.47. The SMILES string of the molecule is O=C(COC(=O)Cn1ccccc1=O)NCCOc1ccc(Cl)cc1. The van der Waals surface area contributed by atoms with Crippen molar-refractivity contribution < 1.29 is 19.1 Å². The molecule has 0 bridgehead atoms. The fraction of sp³-hybridized carbons (Fsp3) is 0.235. The normalized spacial score (nSPS) is 10.1. The van der Waals surface area contributed by atoms with Crippen LogP contribution >= 0.6 is 11.6 Å². The van der Waals surface area contributed by atoms with Gasteiger partial charge in [0.2, 0.25) is 0 Å². The lowest BCUT2D eigenvalue weighted by Crippen LogP contribution is -2.33. The number of rotatable bonds is 8. The van der Waals surface area contributed by atoms with E-state index < -0.39 is 18.5 Å². The van der Waals surface area contributed by atoms with Crippen molar-refractivity contribution in [3.8, 4) is 5.75 Å². The van der Waals surface area contributed by atoms with E-state index in [2.05, 4.69) is 5.32 Å². The molecule has 0 atom stereocenters. The number of hydrogen-bond acceptors (Lipinski definition) is 5. The largest absolute Gasteiger partial charge is 0.492 e. The van der Waals surface area contributed by atoms with Crippen LogP contribution in [0.4, 0.5) is 0 Å². The minimum atomic E-state index is -0.666. The number of nitrogens with one attached hydrogen (secondary N) is 1. The number of esters is 1. The zero-order chi connectivity index (χ0) is 18.1. The van der Waals surface area contributed by atoms with Crippen molar-refractivity contribution in [2.75, 3.05) is 19.8 Å². The average Bonchev–Trinajstić information content (AvgIpc) is 2.60. The molecule has 132 valence electrons. The lowest BCUT2D eigenvalue weighted by atomic mass is 10.3. The summed E-state index contributed by atoms with van der Waals surface area (Å²) in [5.74, 6) is -0.479. The Hall–Kier alpha value is -2.80. The highest BCUT2D eigenvalue weighted by Gasteiger charge is 2.08. The average molecular weight is 365 g/mol. The summed E-state index contributed by atoms with van der Waals surface area (Å²) in [7, 11) is 0. The van der Waals surface area contributed by atoms with Crippen molar-refractivity contribution in [1.29, 1.82) is 0 Å². The van der Waals surface area contributed by atoms with E-state index in [1.165, 1.54) is 16.8 Å². The summed E-state index contributed by atoms with van der Waals surface area (Å²) in [5, 5.41) is 3.17. The lowest BCUT2D eigenvalue weighted by Gasteiger charge is -2.09. The number of carbonyl (C=O) groups excluding carboxylic acids is 2. The Morgan fingerprint density at radius 1 is 1.12 bits per heavy atom. The van der Waals surface area contributed by atoms with Gasteiger partial charge in [-0.1, -0.05) is 17.7 Å². The van der Waals surface area contributed by atoms with E-state index in [-0.39, 0.29) is 25.3 Å². The van der Waals surface area contributed by atoms with Crippen molar-refractivity contribution >= 4 is 23.5 Å². The van der Waals surface area contributed by atoms with Gasteiger partial charge in [0.25, 0.3) is 11.5 Å². The third-order valence-corrected chi connectivity index (χ3v) is 3.32. The zero-order valence-corrected chi connectivity index (χ0v) is 14.1. The molecule has 1 N–H and O–H groups in total. The number of hydrogen-bond donors (Lipinski definition) is 1. The van der Waals surface area contributed by atoms with Crippen molar-refractivity contribution in [2.45, 2.75) is 6.54 Å². The Balaban J connectivity index is 1.62. The summed E-state index contributed by atoms with van der Waals surface area (Å²) in [4.78, 5) is 34.7. The van der Waals surface area contributed by atoms with E-state index >= 15 is 0 Å². The minimum absolute atomic E-state index is 0.243. The second-order valence-electron chi connectivity index (χ2n) is 4.98. The molecule has 7 nitrogen and oxygen atoms in total. The summed E-state index contributed by atoms with van der Waals surface area (Å²) >= 11 is 5.76. The van der Waals surface area contributed by atoms with Gasteiger partial charge in [0.05, 0.1) is 6.54 Å². The van der Waals surface area contributed by atoms with Crippen molar-refractivity contribution in [3.05, 3.63) is 64.0 Å². The standard InChI is InChI=1S/C17H17ClN2O5/c18-13-4-6-14(7-5-13)24-10-8-19-15(21)12-25-17(23)11-20-9-2-1-3-16(20)22/h1-7,9H,8,10-12H2,(H,19,21). The molecule has 1 heterocycles. The molecule has 25 heavy (non-hydrogen) atoms. The van der Waals surface area contributed by atoms with E-state index in [0.29, 0.717) is 10.8 Å². The molecule has 1 aromatic heterocycles. The van der Waals surface area contributed by atoms with Crippen LogP contribution in [0.5, 0.6) is 5.75 Å². The van der Waals surface area contributed by atoms with Crippen LogP contribution in [0.2, 0.25) is 5.02 Å². The molecule has 0 fully saturated rings. The van der Waals surface area contributed by atoms with Gasteiger partial charge in [-0.25, -0.2) is 0 Å². The van der Waals surface area contributed by atoms with E-state index in [4.69, 9.17) is 21.1 Å². The first-order chi connectivity index (χ1) is 12.0. The molecule has 0 aliphatic heterocycles. The maximum Gasteiger partial charge on any atom is 0.326 e. The van der Waals surface area contributed by atoms with Gasteiger partial charge in [0, 0.05) is 17.3 Å². The Kier molecular flexibility index (Phi) is 7.03. The number of aromatic nitrogens is 1. The summed E-state index contributed by atoms with van der Waals surface area (Å²) in [5.41, 5.74) is -0.316. The van der Waals surface area contributed by atoms with Crippen molar-refractivity contribution in [1.82, 2.24) is 9.88 Å². The Bertz CT molecular complexity index is 773. The van der Waals surface area contributed by atoms with Crippen LogP contribution < -0.4 is 15.6 Å². The van der Waals surface area contributed by atoms with Gasteiger partial charge in [0.1, 0.15) is 18.9 Å². The monoisotopic (exact) mass is 364 g/mol. The smallest absolute Gasteiger partial charge is 0.326 e. The fourth-order valence-electron chi connectivity index (χ4n) is 1.86. The molecule has 0 aliphatic rings.